The summed E-state index contributed by atoms with van der Waals surface area (Å²) in [6, 6.07) is 6.99. The Morgan fingerprint density at radius 2 is 2.08 bits per heavy atom. The van der Waals surface area contributed by atoms with Gasteiger partial charge in [0, 0.05) is 22.7 Å². The number of thiophene rings is 1. The fourth-order valence-corrected chi connectivity index (χ4v) is 6.21. The molecule has 0 N–H and O–H groups in total. The molecule has 1 amide bonds. The number of fused-ring (bicyclic) bond motifs is 1. The number of rotatable bonds is 5. The third-order valence-corrected chi connectivity index (χ3v) is 7.76. The van der Waals surface area contributed by atoms with E-state index in [0.29, 0.717) is 18.0 Å². The van der Waals surface area contributed by atoms with E-state index < -0.39 is 28.3 Å². The van der Waals surface area contributed by atoms with Crippen molar-refractivity contribution in [3.8, 4) is 0 Å². The molecule has 0 spiro atoms. The molecule has 1 aliphatic rings. The standard InChI is InChI=1S/C17H18ClNO5S2/c1-2-19(11-7-8-26(22,23)10-11)14(20)9-24-17(21)16-15(18)12-5-3-4-6-13(12)25-16/h3-6,11H,2,7-10H2,1H3/t11-/m1/s1. The number of sulfone groups is 1. The van der Waals surface area contributed by atoms with Gasteiger partial charge in [0.05, 0.1) is 16.5 Å². The van der Waals surface area contributed by atoms with Crippen LogP contribution in [0, 0.1) is 0 Å². The maximum Gasteiger partial charge on any atom is 0.350 e. The van der Waals surface area contributed by atoms with Crippen molar-refractivity contribution in [2.75, 3.05) is 24.7 Å². The Labute approximate surface area is 160 Å². The first-order valence-corrected chi connectivity index (χ1v) is 11.2. The highest BCUT2D eigenvalue weighted by Crippen LogP contribution is 2.35. The minimum atomic E-state index is -3.10. The Balaban J connectivity index is 1.66. The van der Waals surface area contributed by atoms with E-state index in [0.717, 1.165) is 10.1 Å². The summed E-state index contributed by atoms with van der Waals surface area (Å²) in [5.41, 5.74) is 0. The molecule has 140 valence electrons. The fourth-order valence-electron chi connectivity index (χ4n) is 3.08. The molecule has 0 aliphatic carbocycles. The van der Waals surface area contributed by atoms with Crippen LogP contribution in [-0.4, -0.2) is 55.9 Å². The number of ether oxygens (including phenoxy) is 1. The minimum absolute atomic E-state index is 0.0390. The number of hydrogen-bond donors (Lipinski definition) is 0. The quantitative estimate of drug-likeness (QED) is 0.701. The van der Waals surface area contributed by atoms with Gasteiger partial charge in [-0.05, 0) is 19.4 Å². The monoisotopic (exact) mass is 415 g/mol. The molecule has 2 aromatic rings. The van der Waals surface area contributed by atoms with Crippen LogP contribution in [0.2, 0.25) is 5.02 Å². The van der Waals surface area contributed by atoms with E-state index in [9.17, 15) is 18.0 Å². The molecular weight excluding hydrogens is 398 g/mol. The Morgan fingerprint density at radius 3 is 2.69 bits per heavy atom. The van der Waals surface area contributed by atoms with E-state index in [-0.39, 0.29) is 22.4 Å². The fraction of sp³-hybridized carbons (Fsp3) is 0.412. The van der Waals surface area contributed by atoms with Gasteiger partial charge in [0.25, 0.3) is 5.91 Å². The van der Waals surface area contributed by atoms with Gasteiger partial charge in [-0.3, -0.25) is 4.79 Å². The summed E-state index contributed by atoms with van der Waals surface area (Å²) < 4.78 is 29.2. The molecule has 1 aromatic carbocycles. The Hall–Kier alpha value is -1.64. The number of esters is 1. The van der Waals surface area contributed by atoms with Crippen molar-refractivity contribution in [1.29, 1.82) is 0 Å². The molecule has 1 saturated heterocycles. The zero-order valence-electron chi connectivity index (χ0n) is 14.1. The summed E-state index contributed by atoms with van der Waals surface area (Å²) in [5, 5.41) is 1.08. The second-order valence-corrected chi connectivity index (χ2v) is 9.71. The Morgan fingerprint density at radius 1 is 1.35 bits per heavy atom. The first-order chi connectivity index (χ1) is 12.3. The van der Waals surface area contributed by atoms with Crippen LogP contribution >= 0.6 is 22.9 Å². The van der Waals surface area contributed by atoms with Crippen LogP contribution in [0.25, 0.3) is 10.1 Å². The van der Waals surface area contributed by atoms with Crippen LogP contribution in [0.15, 0.2) is 24.3 Å². The normalized spacial score (nSPS) is 18.8. The van der Waals surface area contributed by atoms with Crippen LogP contribution in [0.4, 0.5) is 0 Å². The third kappa shape index (κ3) is 3.87. The highest BCUT2D eigenvalue weighted by Gasteiger charge is 2.34. The van der Waals surface area contributed by atoms with Gasteiger partial charge < -0.3 is 9.64 Å². The number of carbonyl (C=O) groups excluding carboxylic acids is 2. The van der Waals surface area contributed by atoms with Crippen LogP contribution in [-0.2, 0) is 19.4 Å². The Kier molecular flexibility index (Phi) is 5.55. The molecule has 6 nitrogen and oxygen atoms in total. The van der Waals surface area contributed by atoms with Crippen molar-refractivity contribution in [1.82, 2.24) is 4.90 Å². The van der Waals surface area contributed by atoms with Gasteiger partial charge in [0.15, 0.2) is 16.4 Å². The van der Waals surface area contributed by atoms with E-state index in [2.05, 4.69) is 0 Å². The maximum atomic E-state index is 12.4. The molecule has 1 fully saturated rings. The number of benzene rings is 1. The first kappa shape index (κ1) is 19.1. The van der Waals surface area contributed by atoms with E-state index in [1.165, 1.54) is 16.2 Å². The molecule has 0 radical (unpaired) electrons. The van der Waals surface area contributed by atoms with Crippen molar-refractivity contribution in [2.45, 2.75) is 19.4 Å². The van der Waals surface area contributed by atoms with Crippen LogP contribution in [0.5, 0.6) is 0 Å². The molecule has 9 heteroatoms. The predicted octanol–water partition coefficient (Wildman–Crippen LogP) is 2.75. The lowest BCUT2D eigenvalue weighted by molar-refractivity contribution is -0.136. The van der Waals surface area contributed by atoms with E-state index in [1.54, 1.807) is 6.92 Å². The van der Waals surface area contributed by atoms with Gasteiger partial charge >= 0.3 is 5.97 Å². The molecule has 3 rings (SSSR count). The van der Waals surface area contributed by atoms with Crippen LogP contribution < -0.4 is 0 Å². The van der Waals surface area contributed by atoms with Gasteiger partial charge in [-0.15, -0.1) is 11.3 Å². The number of carbonyl (C=O) groups is 2. The molecule has 2 heterocycles. The number of halogens is 1. The van der Waals surface area contributed by atoms with Crippen LogP contribution in [0.1, 0.15) is 23.0 Å². The van der Waals surface area contributed by atoms with Gasteiger partial charge in [-0.2, -0.15) is 0 Å². The molecule has 0 unspecified atom stereocenters. The highest BCUT2D eigenvalue weighted by atomic mass is 35.5. The summed E-state index contributed by atoms with van der Waals surface area (Å²) >= 11 is 7.45. The van der Waals surface area contributed by atoms with Gasteiger partial charge in [-0.1, -0.05) is 29.8 Å². The first-order valence-electron chi connectivity index (χ1n) is 8.16. The number of hydrogen-bond acceptors (Lipinski definition) is 6. The molecule has 26 heavy (non-hydrogen) atoms. The lowest BCUT2D eigenvalue weighted by atomic mass is 10.2. The lowest BCUT2D eigenvalue weighted by Gasteiger charge is -2.26. The number of amides is 1. The number of nitrogens with zero attached hydrogens (tertiary/aromatic N) is 1. The van der Waals surface area contributed by atoms with Gasteiger partial charge in [-0.25, -0.2) is 13.2 Å². The molecule has 1 aromatic heterocycles. The average Bonchev–Trinajstić information content (AvgIpc) is 3.13. The topological polar surface area (TPSA) is 80.8 Å². The zero-order valence-corrected chi connectivity index (χ0v) is 16.5. The van der Waals surface area contributed by atoms with Crippen molar-refractivity contribution < 1.29 is 22.7 Å². The van der Waals surface area contributed by atoms with Crippen molar-refractivity contribution in [2.24, 2.45) is 0 Å². The van der Waals surface area contributed by atoms with Crippen molar-refractivity contribution >= 4 is 54.7 Å². The van der Waals surface area contributed by atoms with Gasteiger partial charge in [0.2, 0.25) is 0 Å². The molecule has 0 bridgehead atoms. The van der Waals surface area contributed by atoms with Crippen molar-refractivity contribution in [3.63, 3.8) is 0 Å². The lowest BCUT2D eigenvalue weighted by Crippen LogP contribution is -2.43. The van der Waals surface area contributed by atoms with Crippen LogP contribution in [0.3, 0.4) is 0 Å². The maximum absolute atomic E-state index is 12.4. The third-order valence-electron chi connectivity index (χ3n) is 4.36. The summed E-state index contributed by atoms with van der Waals surface area (Å²) in [7, 11) is -3.10. The van der Waals surface area contributed by atoms with E-state index in [4.69, 9.17) is 16.3 Å². The highest BCUT2D eigenvalue weighted by molar-refractivity contribution is 7.91. The SMILES string of the molecule is CCN(C(=O)COC(=O)c1sc2ccccc2c1Cl)[C@@H]1CCS(=O)(=O)C1. The zero-order chi connectivity index (χ0) is 18.9. The van der Waals surface area contributed by atoms with Crippen molar-refractivity contribution in [3.05, 3.63) is 34.2 Å². The molecule has 0 saturated carbocycles. The summed E-state index contributed by atoms with van der Waals surface area (Å²) in [6.45, 7) is 1.70. The number of likely N-dealkylation sites (N-methyl/N-ethyl adjacent to an activating group) is 1. The molecular formula is C17H18ClNO5S2. The largest absolute Gasteiger partial charge is 0.451 e. The molecule has 1 aliphatic heterocycles. The molecule has 1 atom stereocenters. The van der Waals surface area contributed by atoms with Gasteiger partial charge in [0.1, 0.15) is 4.88 Å². The summed E-state index contributed by atoms with van der Waals surface area (Å²) in [5.74, 6) is -1.01. The Bertz CT molecular complexity index is 953. The summed E-state index contributed by atoms with van der Waals surface area (Å²) in [6.07, 6.45) is 0.415. The summed E-state index contributed by atoms with van der Waals surface area (Å²) in [4.78, 5) is 26.4. The predicted molar refractivity (Wildman–Crippen MR) is 102 cm³/mol. The van der Waals surface area contributed by atoms with E-state index >= 15 is 0 Å². The minimum Gasteiger partial charge on any atom is -0.451 e. The second kappa shape index (κ2) is 7.54. The van der Waals surface area contributed by atoms with E-state index in [1.807, 2.05) is 24.3 Å². The smallest absolute Gasteiger partial charge is 0.350 e. The second-order valence-electron chi connectivity index (χ2n) is 6.05. The average molecular weight is 416 g/mol.